The highest BCUT2D eigenvalue weighted by Crippen LogP contribution is 2.21. The Morgan fingerprint density at radius 2 is 1.56 bits per heavy atom. The standard InChI is InChI=1S/C16H23NO/c1-6-18-16-9-7-15(8-10-16)17(11-13(2)3)12-14(4)5/h7-10H,2,4,6,11-12H2,1,3,5H3. The topological polar surface area (TPSA) is 12.5 Å². The van der Waals surface area contributed by atoms with Crippen LogP contribution in [0, 0.1) is 0 Å². The largest absolute Gasteiger partial charge is 0.494 e. The van der Waals surface area contributed by atoms with Crippen molar-refractivity contribution in [1.29, 1.82) is 0 Å². The van der Waals surface area contributed by atoms with Gasteiger partial charge in [-0.3, -0.25) is 0 Å². The molecule has 2 heteroatoms. The molecular formula is C16H23NO. The quantitative estimate of drug-likeness (QED) is 0.672. The number of rotatable bonds is 7. The molecule has 0 unspecified atom stereocenters. The summed E-state index contributed by atoms with van der Waals surface area (Å²) in [5.41, 5.74) is 3.46. The van der Waals surface area contributed by atoms with E-state index < -0.39 is 0 Å². The third kappa shape index (κ3) is 4.66. The molecule has 0 atom stereocenters. The normalized spacial score (nSPS) is 9.94. The molecule has 1 aromatic carbocycles. The highest BCUT2D eigenvalue weighted by atomic mass is 16.5. The van der Waals surface area contributed by atoms with Crippen LogP contribution >= 0.6 is 0 Å². The van der Waals surface area contributed by atoms with E-state index in [1.807, 2.05) is 32.9 Å². The fourth-order valence-corrected chi connectivity index (χ4v) is 1.81. The second-order valence-electron chi connectivity index (χ2n) is 4.70. The van der Waals surface area contributed by atoms with Gasteiger partial charge in [0.2, 0.25) is 0 Å². The first-order chi connectivity index (χ1) is 8.52. The molecule has 0 N–H and O–H groups in total. The van der Waals surface area contributed by atoms with Crippen molar-refractivity contribution in [3.05, 3.63) is 48.6 Å². The maximum atomic E-state index is 5.45. The average molecular weight is 245 g/mol. The van der Waals surface area contributed by atoms with Crippen molar-refractivity contribution in [1.82, 2.24) is 0 Å². The molecule has 0 aromatic heterocycles. The van der Waals surface area contributed by atoms with Crippen LogP contribution in [0.15, 0.2) is 48.6 Å². The van der Waals surface area contributed by atoms with Crippen molar-refractivity contribution in [2.45, 2.75) is 20.8 Å². The molecule has 98 valence electrons. The summed E-state index contributed by atoms with van der Waals surface area (Å²) >= 11 is 0. The summed E-state index contributed by atoms with van der Waals surface area (Å²) in [5.74, 6) is 0.909. The Morgan fingerprint density at radius 3 is 1.94 bits per heavy atom. The molecule has 0 fully saturated rings. The molecule has 18 heavy (non-hydrogen) atoms. The van der Waals surface area contributed by atoms with E-state index in [2.05, 4.69) is 30.2 Å². The summed E-state index contributed by atoms with van der Waals surface area (Å²) in [6, 6.07) is 8.17. The molecule has 0 saturated carbocycles. The first-order valence-electron chi connectivity index (χ1n) is 6.29. The molecule has 0 amide bonds. The van der Waals surface area contributed by atoms with Gasteiger partial charge >= 0.3 is 0 Å². The Hall–Kier alpha value is -1.70. The number of benzene rings is 1. The Balaban J connectivity index is 2.83. The minimum absolute atomic E-state index is 0.695. The predicted molar refractivity (Wildman–Crippen MR) is 79.5 cm³/mol. The summed E-state index contributed by atoms with van der Waals surface area (Å²) in [4.78, 5) is 2.26. The molecule has 2 nitrogen and oxygen atoms in total. The summed E-state index contributed by atoms with van der Waals surface area (Å²) in [7, 11) is 0. The van der Waals surface area contributed by atoms with Crippen molar-refractivity contribution in [3.8, 4) is 5.75 Å². The van der Waals surface area contributed by atoms with Gasteiger partial charge in [-0.1, -0.05) is 24.3 Å². The van der Waals surface area contributed by atoms with Gasteiger partial charge in [-0.25, -0.2) is 0 Å². The van der Waals surface area contributed by atoms with E-state index in [9.17, 15) is 0 Å². The summed E-state index contributed by atoms with van der Waals surface area (Å²) in [6.45, 7) is 16.4. The molecular weight excluding hydrogens is 222 g/mol. The lowest BCUT2D eigenvalue weighted by Gasteiger charge is -2.25. The van der Waals surface area contributed by atoms with Crippen LogP contribution in [0.25, 0.3) is 0 Å². The molecule has 0 aliphatic carbocycles. The summed E-state index contributed by atoms with van der Waals surface area (Å²) < 4.78 is 5.45. The van der Waals surface area contributed by atoms with E-state index in [0.717, 1.165) is 30.0 Å². The predicted octanol–water partition coefficient (Wildman–Crippen LogP) is 4.04. The lowest BCUT2D eigenvalue weighted by Crippen LogP contribution is -2.26. The van der Waals surface area contributed by atoms with Gasteiger partial charge in [0.1, 0.15) is 5.75 Å². The van der Waals surface area contributed by atoms with Crippen LogP contribution in [0.2, 0.25) is 0 Å². The fourth-order valence-electron chi connectivity index (χ4n) is 1.81. The SMILES string of the molecule is C=C(C)CN(CC(=C)C)c1ccc(OCC)cc1. The van der Waals surface area contributed by atoms with E-state index in [0.29, 0.717) is 6.61 Å². The number of hydrogen-bond donors (Lipinski definition) is 0. The Kier molecular flexibility index (Phi) is 5.50. The fraction of sp³-hybridized carbons (Fsp3) is 0.375. The number of ether oxygens (including phenoxy) is 1. The average Bonchev–Trinajstić information content (AvgIpc) is 2.28. The van der Waals surface area contributed by atoms with E-state index in [4.69, 9.17) is 4.74 Å². The highest BCUT2D eigenvalue weighted by molar-refractivity contribution is 5.51. The molecule has 0 radical (unpaired) electrons. The van der Waals surface area contributed by atoms with E-state index in [1.165, 1.54) is 5.69 Å². The summed E-state index contributed by atoms with van der Waals surface area (Å²) in [6.07, 6.45) is 0. The Morgan fingerprint density at radius 1 is 1.06 bits per heavy atom. The molecule has 1 aromatic rings. The minimum atomic E-state index is 0.695. The van der Waals surface area contributed by atoms with Crippen LogP contribution in [0.4, 0.5) is 5.69 Å². The first-order valence-corrected chi connectivity index (χ1v) is 6.29. The number of hydrogen-bond acceptors (Lipinski definition) is 2. The molecule has 1 rings (SSSR count). The summed E-state index contributed by atoms with van der Waals surface area (Å²) in [5, 5.41) is 0. The Labute approximate surface area is 111 Å². The molecule has 0 aliphatic rings. The number of nitrogens with zero attached hydrogens (tertiary/aromatic N) is 1. The van der Waals surface area contributed by atoms with Crippen molar-refractivity contribution >= 4 is 5.69 Å². The second-order valence-corrected chi connectivity index (χ2v) is 4.70. The van der Waals surface area contributed by atoms with Crippen LogP contribution in [-0.2, 0) is 0 Å². The molecule has 0 spiro atoms. The molecule has 0 heterocycles. The third-order valence-electron chi connectivity index (χ3n) is 2.43. The zero-order valence-electron chi connectivity index (χ0n) is 11.7. The number of anilines is 1. The van der Waals surface area contributed by atoms with Crippen LogP contribution in [0.5, 0.6) is 5.75 Å². The van der Waals surface area contributed by atoms with E-state index in [1.54, 1.807) is 0 Å². The van der Waals surface area contributed by atoms with Crippen LogP contribution in [0.1, 0.15) is 20.8 Å². The molecule has 0 saturated heterocycles. The maximum absolute atomic E-state index is 5.45. The molecule has 0 bridgehead atoms. The van der Waals surface area contributed by atoms with Gasteiger partial charge in [-0.2, -0.15) is 0 Å². The van der Waals surface area contributed by atoms with E-state index >= 15 is 0 Å². The van der Waals surface area contributed by atoms with Crippen molar-refractivity contribution < 1.29 is 4.74 Å². The smallest absolute Gasteiger partial charge is 0.119 e. The van der Waals surface area contributed by atoms with Gasteiger partial charge in [0.15, 0.2) is 0 Å². The van der Waals surface area contributed by atoms with Gasteiger partial charge in [-0.15, -0.1) is 0 Å². The van der Waals surface area contributed by atoms with E-state index in [-0.39, 0.29) is 0 Å². The van der Waals surface area contributed by atoms with Crippen molar-refractivity contribution in [2.75, 3.05) is 24.6 Å². The van der Waals surface area contributed by atoms with Crippen LogP contribution in [-0.4, -0.2) is 19.7 Å². The van der Waals surface area contributed by atoms with Crippen LogP contribution in [0.3, 0.4) is 0 Å². The van der Waals surface area contributed by atoms with Gasteiger partial charge in [0.25, 0.3) is 0 Å². The van der Waals surface area contributed by atoms with Crippen molar-refractivity contribution in [3.63, 3.8) is 0 Å². The first kappa shape index (κ1) is 14.4. The lowest BCUT2D eigenvalue weighted by molar-refractivity contribution is 0.340. The van der Waals surface area contributed by atoms with Gasteiger partial charge in [0.05, 0.1) is 6.61 Å². The lowest BCUT2D eigenvalue weighted by atomic mass is 10.2. The minimum Gasteiger partial charge on any atom is -0.494 e. The Bertz CT molecular complexity index is 390. The van der Waals surface area contributed by atoms with Crippen molar-refractivity contribution in [2.24, 2.45) is 0 Å². The monoisotopic (exact) mass is 245 g/mol. The second kappa shape index (κ2) is 6.90. The van der Waals surface area contributed by atoms with Gasteiger partial charge in [-0.05, 0) is 45.0 Å². The zero-order chi connectivity index (χ0) is 13.5. The van der Waals surface area contributed by atoms with Crippen LogP contribution < -0.4 is 9.64 Å². The maximum Gasteiger partial charge on any atom is 0.119 e. The van der Waals surface area contributed by atoms with Gasteiger partial charge in [0, 0.05) is 18.8 Å². The molecule has 0 aliphatic heterocycles. The third-order valence-corrected chi connectivity index (χ3v) is 2.43. The zero-order valence-corrected chi connectivity index (χ0v) is 11.7. The highest BCUT2D eigenvalue weighted by Gasteiger charge is 2.07. The van der Waals surface area contributed by atoms with Gasteiger partial charge < -0.3 is 9.64 Å².